The average Bonchev–Trinajstić information content (AvgIpc) is 2.29. The molecule has 0 aromatic heterocycles. The van der Waals surface area contributed by atoms with Crippen LogP contribution in [0.25, 0.3) is 0 Å². The van der Waals surface area contributed by atoms with Crippen LogP contribution in [0, 0.1) is 5.92 Å². The molecule has 0 fully saturated rings. The predicted octanol–water partition coefficient (Wildman–Crippen LogP) is 3.90. The van der Waals surface area contributed by atoms with E-state index in [0.717, 1.165) is 12.5 Å². The highest BCUT2D eigenvalue weighted by atomic mass is 14.9. The van der Waals surface area contributed by atoms with E-state index in [0.29, 0.717) is 6.04 Å². The first-order valence-electron chi connectivity index (χ1n) is 6.65. The third kappa shape index (κ3) is 4.83. The fourth-order valence-corrected chi connectivity index (χ4v) is 2.15. The Morgan fingerprint density at radius 3 is 2.73 bits per heavy atom. The van der Waals surface area contributed by atoms with Gasteiger partial charge in [-0.2, -0.15) is 0 Å². The zero-order valence-electron chi connectivity index (χ0n) is 10.7. The van der Waals surface area contributed by atoms with Crippen LogP contribution in [0.3, 0.4) is 0 Å². The Kier molecular flexibility index (Phi) is 6.00. The van der Waals surface area contributed by atoms with E-state index in [-0.39, 0.29) is 0 Å². The largest absolute Gasteiger partial charge is 0.314 e. The first-order chi connectivity index (χ1) is 7.24. The molecule has 1 aliphatic carbocycles. The minimum atomic E-state index is 0.666. The molecule has 0 spiro atoms. The van der Waals surface area contributed by atoms with Crippen LogP contribution in [0.2, 0.25) is 0 Å². The van der Waals surface area contributed by atoms with Gasteiger partial charge in [-0.15, -0.1) is 0 Å². The third-order valence-electron chi connectivity index (χ3n) is 3.79. The maximum absolute atomic E-state index is 3.64. The van der Waals surface area contributed by atoms with Gasteiger partial charge in [0.05, 0.1) is 0 Å². The Morgan fingerprint density at radius 1 is 1.33 bits per heavy atom. The van der Waals surface area contributed by atoms with Gasteiger partial charge >= 0.3 is 0 Å². The van der Waals surface area contributed by atoms with Crippen LogP contribution in [0.15, 0.2) is 11.6 Å². The molecular weight excluding hydrogens is 182 g/mol. The van der Waals surface area contributed by atoms with Crippen LogP contribution in [-0.2, 0) is 0 Å². The van der Waals surface area contributed by atoms with Crippen LogP contribution in [-0.4, -0.2) is 12.6 Å². The van der Waals surface area contributed by atoms with Crippen LogP contribution in [0.5, 0.6) is 0 Å². The van der Waals surface area contributed by atoms with Gasteiger partial charge < -0.3 is 5.32 Å². The smallest absolute Gasteiger partial charge is 0.00643 e. The van der Waals surface area contributed by atoms with Crippen LogP contribution in [0.4, 0.5) is 0 Å². The van der Waals surface area contributed by atoms with Crippen molar-refractivity contribution in [3.63, 3.8) is 0 Å². The van der Waals surface area contributed by atoms with E-state index < -0.39 is 0 Å². The van der Waals surface area contributed by atoms with Crippen LogP contribution in [0.1, 0.15) is 59.3 Å². The second kappa shape index (κ2) is 7.05. The normalized spacial score (nSPS) is 20.9. The van der Waals surface area contributed by atoms with E-state index in [4.69, 9.17) is 0 Å². The Hall–Kier alpha value is -0.300. The predicted molar refractivity (Wildman–Crippen MR) is 68.1 cm³/mol. The lowest BCUT2D eigenvalue weighted by atomic mass is 9.96. The minimum Gasteiger partial charge on any atom is -0.314 e. The van der Waals surface area contributed by atoms with Gasteiger partial charge in [-0.05, 0) is 51.5 Å². The molecule has 88 valence electrons. The zero-order valence-corrected chi connectivity index (χ0v) is 10.7. The molecule has 0 aliphatic heterocycles. The van der Waals surface area contributed by atoms with Crippen LogP contribution >= 0.6 is 0 Å². The number of allylic oxidation sites excluding steroid dienone is 1. The summed E-state index contributed by atoms with van der Waals surface area (Å²) >= 11 is 0. The molecule has 0 saturated carbocycles. The van der Waals surface area contributed by atoms with Crippen molar-refractivity contribution < 1.29 is 0 Å². The molecule has 1 nitrogen and oxygen atoms in total. The van der Waals surface area contributed by atoms with Gasteiger partial charge in [0, 0.05) is 6.04 Å². The summed E-state index contributed by atoms with van der Waals surface area (Å²) in [5.41, 5.74) is 1.69. The lowest BCUT2D eigenvalue weighted by Crippen LogP contribution is -2.32. The molecule has 0 saturated heterocycles. The Bertz CT molecular complexity index is 196. The van der Waals surface area contributed by atoms with Gasteiger partial charge in [0.15, 0.2) is 0 Å². The van der Waals surface area contributed by atoms with Crippen molar-refractivity contribution in [2.24, 2.45) is 5.92 Å². The Labute approximate surface area is 95.3 Å². The molecule has 2 atom stereocenters. The summed E-state index contributed by atoms with van der Waals surface area (Å²) in [5.74, 6) is 0.797. The molecule has 1 rings (SSSR count). The minimum absolute atomic E-state index is 0.666. The molecule has 0 bridgehead atoms. The van der Waals surface area contributed by atoms with E-state index in [1.54, 1.807) is 5.57 Å². The van der Waals surface area contributed by atoms with E-state index in [1.165, 1.54) is 38.5 Å². The monoisotopic (exact) mass is 209 g/mol. The van der Waals surface area contributed by atoms with Crippen molar-refractivity contribution in [1.29, 1.82) is 0 Å². The zero-order chi connectivity index (χ0) is 11.1. The molecule has 0 heterocycles. The topological polar surface area (TPSA) is 12.0 Å². The number of hydrogen-bond donors (Lipinski definition) is 1. The van der Waals surface area contributed by atoms with Gasteiger partial charge in [-0.3, -0.25) is 0 Å². The molecule has 1 N–H and O–H groups in total. The summed E-state index contributed by atoms with van der Waals surface area (Å²) in [5, 5.41) is 3.64. The lowest BCUT2D eigenvalue weighted by molar-refractivity contribution is 0.392. The third-order valence-corrected chi connectivity index (χ3v) is 3.79. The fraction of sp³-hybridized carbons (Fsp3) is 0.857. The standard InChI is InChI=1S/C14H27N/c1-4-12(2)13(3)15-11-10-14-8-6-5-7-9-14/h8,12-13,15H,4-7,9-11H2,1-3H3/t12-,13+/m1/s1. The summed E-state index contributed by atoms with van der Waals surface area (Å²) < 4.78 is 0. The molecule has 0 unspecified atom stereocenters. The summed E-state index contributed by atoms with van der Waals surface area (Å²) in [6.45, 7) is 8.07. The van der Waals surface area contributed by atoms with Gasteiger partial charge in [0.1, 0.15) is 0 Å². The summed E-state index contributed by atoms with van der Waals surface area (Å²) in [7, 11) is 0. The van der Waals surface area contributed by atoms with Crippen molar-refractivity contribution in [2.45, 2.75) is 65.3 Å². The summed E-state index contributed by atoms with van der Waals surface area (Å²) in [6.07, 6.45) is 10.5. The molecule has 0 radical (unpaired) electrons. The highest BCUT2D eigenvalue weighted by Crippen LogP contribution is 2.19. The van der Waals surface area contributed by atoms with Crippen molar-refractivity contribution in [3.8, 4) is 0 Å². The number of rotatable bonds is 6. The molecule has 0 aromatic carbocycles. The molecule has 15 heavy (non-hydrogen) atoms. The maximum atomic E-state index is 3.64. The maximum Gasteiger partial charge on any atom is 0.00643 e. The van der Waals surface area contributed by atoms with Gasteiger partial charge in [0.25, 0.3) is 0 Å². The lowest BCUT2D eigenvalue weighted by Gasteiger charge is -2.21. The van der Waals surface area contributed by atoms with Crippen LogP contribution < -0.4 is 5.32 Å². The Morgan fingerprint density at radius 2 is 2.13 bits per heavy atom. The van der Waals surface area contributed by atoms with Gasteiger partial charge in [-0.25, -0.2) is 0 Å². The quantitative estimate of drug-likeness (QED) is 0.654. The highest BCUT2D eigenvalue weighted by molar-refractivity contribution is 5.05. The first kappa shape index (κ1) is 12.8. The Balaban J connectivity index is 2.12. The number of nitrogens with one attached hydrogen (secondary N) is 1. The van der Waals surface area contributed by atoms with Crippen molar-refractivity contribution >= 4 is 0 Å². The van der Waals surface area contributed by atoms with E-state index in [9.17, 15) is 0 Å². The second-order valence-electron chi connectivity index (χ2n) is 4.99. The van der Waals surface area contributed by atoms with Crippen molar-refractivity contribution in [3.05, 3.63) is 11.6 Å². The van der Waals surface area contributed by atoms with E-state index >= 15 is 0 Å². The molecule has 0 aromatic rings. The van der Waals surface area contributed by atoms with Gasteiger partial charge in [0.2, 0.25) is 0 Å². The molecule has 0 amide bonds. The first-order valence-corrected chi connectivity index (χ1v) is 6.65. The average molecular weight is 209 g/mol. The highest BCUT2D eigenvalue weighted by Gasteiger charge is 2.09. The molecular formula is C14H27N. The SMILES string of the molecule is CC[C@@H](C)[C@H](C)NCCC1=CCCCC1. The number of hydrogen-bond acceptors (Lipinski definition) is 1. The van der Waals surface area contributed by atoms with Gasteiger partial charge in [-0.1, -0.05) is 31.9 Å². The van der Waals surface area contributed by atoms with Crippen molar-refractivity contribution in [1.82, 2.24) is 5.32 Å². The summed E-state index contributed by atoms with van der Waals surface area (Å²) in [4.78, 5) is 0. The molecule has 1 aliphatic rings. The molecule has 1 heteroatoms. The van der Waals surface area contributed by atoms with E-state index in [1.807, 2.05) is 0 Å². The fourth-order valence-electron chi connectivity index (χ4n) is 2.15. The summed E-state index contributed by atoms with van der Waals surface area (Å²) in [6, 6.07) is 0.666. The van der Waals surface area contributed by atoms with Crippen molar-refractivity contribution in [2.75, 3.05) is 6.54 Å². The second-order valence-corrected chi connectivity index (χ2v) is 4.99. The van der Waals surface area contributed by atoms with E-state index in [2.05, 4.69) is 32.2 Å².